The fourth-order valence-electron chi connectivity index (χ4n) is 1.42. The summed E-state index contributed by atoms with van der Waals surface area (Å²) in [6.45, 7) is 0. The van der Waals surface area contributed by atoms with E-state index in [2.05, 4.69) is 15.9 Å². The topological polar surface area (TPSA) is 68.3 Å². The zero-order valence-electron chi connectivity index (χ0n) is 11.9. The summed E-state index contributed by atoms with van der Waals surface area (Å²) in [7, 11) is -13.7. The molecule has 1 aromatic carbocycles. The van der Waals surface area contributed by atoms with Crippen LogP contribution in [-0.2, 0) is 19.7 Å². The van der Waals surface area contributed by atoms with Crippen LogP contribution in [0.3, 0.4) is 0 Å². The van der Waals surface area contributed by atoms with Gasteiger partial charge in [0.2, 0.25) is 0 Å². The van der Waals surface area contributed by atoms with Gasteiger partial charge in [-0.3, -0.25) is 0 Å². The van der Waals surface area contributed by atoms with Crippen molar-refractivity contribution in [3.8, 4) is 0 Å². The molecule has 14 heteroatoms. The van der Waals surface area contributed by atoms with Gasteiger partial charge in [0.25, 0.3) is 19.7 Å². The molecule has 0 aromatic heterocycles. The standard InChI is InChI=1S/C12H6BrF7O4S2/c13-9-5-4-8(14)6-7(9)2-1-3-10(25(21,22)11(15,16)17)26(23,24)12(18,19)20/h1-6H/b2-1+. The summed E-state index contributed by atoms with van der Waals surface area (Å²) < 4.78 is 130. The average Bonchev–Trinajstić information content (AvgIpc) is 2.44. The van der Waals surface area contributed by atoms with Crippen LogP contribution >= 0.6 is 15.9 Å². The molecule has 0 atom stereocenters. The molecule has 0 aliphatic carbocycles. The number of benzene rings is 1. The summed E-state index contributed by atoms with van der Waals surface area (Å²) in [4.78, 5) is 0. The van der Waals surface area contributed by atoms with Crippen LogP contribution in [0, 0.1) is 5.82 Å². The fourth-order valence-corrected chi connectivity index (χ4v) is 4.50. The molecular weight excluding hydrogens is 485 g/mol. The molecule has 0 fully saturated rings. The highest BCUT2D eigenvalue weighted by Crippen LogP contribution is 2.38. The van der Waals surface area contributed by atoms with Gasteiger partial charge in [-0.1, -0.05) is 28.1 Å². The van der Waals surface area contributed by atoms with E-state index < -0.39 is 40.7 Å². The normalized spacial score (nSPS) is 13.8. The third kappa shape index (κ3) is 4.65. The largest absolute Gasteiger partial charge is 0.502 e. The first-order chi connectivity index (χ1) is 11.5. The van der Waals surface area contributed by atoms with E-state index in [0.717, 1.165) is 18.2 Å². The summed E-state index contributed by atoms with van der Waals surface area (Å²) in [6, 6.07) is 2.94. The third-order valence-corrected chi connectivity index (χ3v) is 7.19. The van der Waals surface area contributed by atoms with Crippen molar-refractivity contribution in [3.63, 3.8) is 0 Å². The van der Waals surface area contributed by atoms with Crippen molar-refractivity contribution in [2.45, 2.75) is 11.0 Å². The molecule has 0 amide bonds. The van der Waals surface area contributed by atoms with Crippen molar-refractivity contribution in [1.29, 1.82) is 0 Å². The smallest absolute Gasteiger partial charge is 0.214 e. The van der Waals surface area contributed by atoms with Gasteiger partial charge in [0.15, 0.2) is 4.24 Å². The van der Waals surface area contributed by atoms with Crippen LogP contribution in [0.4, 0.5) is 30.7 Å². The molecule has 146 valence electrons. The van der Waals surface area contributed by atoms with E-state index in [1.165, 1.54) is 0 Å². The number of hydrogen-bond acceptors (Lipinski definition) is 4. The van der Waals surface area contributed by atoms with E-state index in [0.29, 0.717) is 12.2 Å². The van der Waals surface area contributed by atoms with E-state index in [4.69, 9.17) is 0 Å². The molecule has 0 spiro atoms. The Morgan fingerprint density at radius 2 is 1.38 bits per heavy atom. The van der Waals surface area contributed by atoms with Gasteiger partial charge in [-0.15, -0.1) is 0 Å². The number of hydrogen-bond donors (Lipinski definition) is 0. The molecule has 1 rings (SSSR count). The highest BCUT2D eigenvalue weighted by molar-refractivity contribution is 9.10. The van der Waals surface area contributed by atoms with Crippen LogP contribution in [0.5, 0.6) is 0 Å². The summed E-state index contributed by atoms with van der Waals surface area (Å²) in [5.74, 6) is -0.817. The van der Waals surface area contributed by atoms with Gasteiger partial charge in [-0.25, -0.2) is 21.2 Å². The van der Waals surface area contributed by atoms with Gasteiger partial charge in [0, 0.05) is 4.47 Å². The molecule has 0 saturated carbocycles. The molecule has 1 aromatic rings. The average molecular weight is 491 g/mol. The highest BCUT2D eigenvalue weighted by Gasteiger charge is 2.59. The van der Waals surface area contributed by atoms with Crippen LogP contribution < -0.4 is 0 Å². The zero-order chi connectivity index (χ0) is 20.6. The number of rotatable bonds is 4. The monoisotopic (exact) mass is 490 g/mol. The zero-order valence-corrected chi connectivity index (χ0v) is 15.2. The highest BCUT2D eigenvalue weighted by atomic mass is 79.9. The lowest BCUT2D eigenvalue weighted by Gasteiger charge is -2.13. The lowest BCUT2D eigenvalue weighted by Crippen LogP contribution is -2.34. The predicted molar refractivity (Wildman–Crippen MR) is 81.2 cm³/mol. The van der Waals surface area contributed by atoms with Gasteiger partial charge in [0.05, 0.1) is 0 Å². The maximum atomic E-state index is 13.1. The molecule has 26 heavy (non-hydrogen) atoms. The Labute approximate surface area is 151 Å². The second-order valence-corrected chi connectivity index (χ2v) is 9.34. The minimum absolute atomic E-state index is 0.102. The third-order valence-electron chi connectivity index (χ3n) is 2.61. The van der Waals surface area contributed by atoms with Crippen molar-refractivity contribution in [3.05, 3.63) is 50.4 Å². The van der Waals surface area contributed by atoms with Crippen molar-refractivity contribution < 1.29 is 47.6 Å². The maximum Gasteiger partial charge on any atom is 0.502 e. The first-order valence-corrected chi connectivity index (χ1v) is 9.74. The molecule has 0 N–H and O–H groups in total. The molecule has 0 heterocycles. The van der Waals surface area contributed by atoms with E-state index >= 15 is 0 Å². The minimum atomic E-state index is -6.84. The fraction of sp³-hybridized carbons (Fsp3) is 0.167. The quantitative estimate of drug-likeness (QED) is 0.465. The Bertz CT molecular complexity index is 912. The molecule has 0 aliphatic heterocycles. The molecule has 0 aliphatic rings. The van der Waals surface area contributed by atoms with E-state index in [9.17, 15) is 47.6 Å². The Morgan fingerprint density at radius 1 is 0.923 bits per heavy atom. The molecule has 0 unspecified atom stereocenters. The van der Waals surface area contributed by atoms with Crippen molar-refractivity contribution in [2.24, 2.45) is 0 Å². The van der Waals surface area contributed by atoms with Gasteiger partial charge in [-0.2, -0.15) is 26.3 Å². The Morgan fingerprint density at radius 3 is 1.81 bits per heavy atom. The van der Waals surface area contributed by atoms with Crippen molar-refractivity contribution >= 4 is 41.7 Å². The summed E-state index contributed by atoms with van der Waals surface area (Å²) in [5, 5.41) is 0. The Balaban J connectivity index is 3.60. The second kappa shape index (κ2) is 7.31. The lowest BCUT2D eigenvalue weighted by molar-refractivity contribution is -0.0444. The lowest BCUT2D eigenvalue weighted by atomic mass is 10.2. The van der Waals surface area contributed by atoms with E-state index in [-0.39, 0.29) is 16.1 Å². The maximum absolute atomic E-state index is 13.1. The summed E-state index contributed by atoms with van der Waals surface area (Å²) >= 11 is 2.91. The molecule has 0 bridgehead atoms. The van der Waals surface area contributed by atoms with Crippen molar-refractivity contribution in [1.82, 2.24) is 0 Å². The van der Waals surface area contributed by atoms with Crippen LogP contribution in [0.2, 0.25) is 0 Å². The summed E-state index contributed by atoms with van der Waals surface area (Å²) in [6.07, 6.45) is 0.648. The number of sulfone groups is 2. The van der Waals surface area contributed by atoms with Gasteiger partial charge < -0.3 is 0 Å². The second-order valence-electron chi connectivity index (χ2n) is 4.41. The van der Waals surface area contributed by atoms with Crippen LogP contribution in [-0.4, -0.2) is 27.9 Å². The Kier molecular flexibility index (Phi) is 6.36. The molecular formula is C12H6BrF7O4S2. The summed E-state index contributed by atoms with van der Waals surface area (Å²) in [5.41, 5.74) is -12.7. The molecule has 4 nitrogen and oxygen atoms in total. The van der Waals surface area contributed by atoms with Crippen LogP contribution in [0.1, 0.15) is 5.56 Å². The van der Waals surface area contributed by atoms with E-state index in [1.807, 2.05) is 0 Å². The minimum Gasteiger partial charge on any atom is -0.214 e. The van der Waals surface area contributed by atoms with Crippen LogP contribution in [0.15, 0.2) is 39.1 Å². The first-order valence-electron chi connectivity index (χ1n) is 5.98. The predicted octanol–water partition coefficient (Wildman–Crippen LogP) is 4.31. The van der Waals surface area contributed by atoms with E-state index in [1.54, 1.807) is 0 Å². The van der Waals surface area contributed by atoms with Crippen LogP contribution in [0.25, 0.3) is 6.08 Å². The number of alkyl halides is 6. The van der Waals surface area contributed by atoms with Gasteiger partial charge in [0.1, 0.15) is 5.82 Å². The Hall–Kier alpha value is -1.41. The van der Waals surface area contributed by atoms with Crippen molar-refractivity contribution in [2.75, 3.05) is 0 Å². The number of halogens is 8. The molecule has 0 saturated heterocycles. The number of allylic oxidation sites excluding steroid dienone is 2. The van der Waals surface area contributed by atoms with Gasteiger partial charge >= 0.3 is 11.0 Å². The van der Waals surface area contributed by atoms with Gasteiger partial charge in [-0.05, 0) is 29.8 Å². The first kappa shape index (κ1) is 22.6. The molecule has 0 radical (unpaired) electrons. The SMILES string of the molecule is O=S(=O)(C(=C/C=C/c1cc(F)ccc1Br)S(=O)(=O)C(F)(F)F)C(F)(F)F.